The van der Waals surface area contributed by atoms with Crippen LogP contribution >= 0.6 is 11.3 Å². The third-order valence-electron chi connectivity index (χ3n) is 3.56. The largest absolute Gasteiger partial charge is 0.409 e. The van der Waals surface area contributed by atoms with Crippen LogP contribution in [-0.4, -0.2) is 22.6 Å². The summed E-state index contributed by atoms with van der Waals surface area (Å²) in [5.41, 5.74) is 6.53. The van der Waals surface area contributed by atoms with Crippen molar-refractivity contribution in [1.82, 2.24) is 10.3 Å². The molecule has 1 atom stereocenters. The molecule has 1 unspecified atom stereocenters. The van der Waals surface area contributed by atoms with E-state index in [-0.39, 0.29) is 5.41 Å². The van der Waals surface area contributed by atoms with E-state index in [1.807, 2.05) is 20.8 Å². The number of hydrogen-bond donors (Lipinski definition) is 3. The van der Waals surface area contributed by atoms with Crippen LogP contribution in [0.2, 0.25) is 0 Å². The maximum Gasteiger partial charge on any atom is 0.144 e. The van der Waals surface area contributed by atoms with Gasteiger partial charge in [0, 0.05) is 16.3 Å². The molecule has 1 heterocycles. The van der Waals surface area contributed by atoms with E-state index in [2.05, 4.69) is 29.3 Å². The van der Waals surface area contributed by atoms with Gasteiger partial charge in [0.05, 0.1) is 10.7 Å². The molecular formula is C14H26N4OS. The number of oxime groups is 1. The van der Waals surface area contributed by atoms with Crippen LogP contribution in [0.15, 0.2) is 5.16 Å². The number of nitrogens with one attached hydrogen (secondary N) is 1. The lowest BCUT2D eigenvalue weighted by atomic mass is 9.86. The van der Waals surface area contributed by atoms with E-state index in [9.17, 15) is 0 Å². The molecule has 0 aliphatic carbocycles. The van der Waals surface area contributed by atoms with Crippen LogP contribution in [0, 0.1) is 19.3 Å². The smallest absolute Gasteiger partial charge is 0.144 e. The molecule has 0 amide bonds. The number of aromatic nitrogens is 1. The lowest BCUT2D eigenvalue weighted by Gasteiger charge is -2.23. The van der Waals surface area contributed by atoms with E-state index >= 15 is 0 Å². The molecule has 5 nitrogen and oxygen atoms in total. The third kappa shape index (κ3) is 4.45. The molecule has 0 saturated carbocycles. The molecular weight excluding hydrogens is 272 g/mol. The summed E-state index contributed by atoms with van der Waals surface area (Å²) in [6, 6.07) is 0.313. The van der Waals surface area contributed by atoms with E-state index in [4.69, 9.17) is 10.9 Å². The predicted octanol–water partition coefficient (Wildman–Crippen LogP) is 2.96. The second-order valence-corrected chi connectivity index (χ2v) is 7.07. The SMILES string of the molecule is Cc1nc(C)c(C(C)NCCCC(C)(C)C(N)=NO)s1. The Morgan fingerprint density at radius 1 is 1.50 bits per heavy atom. The number of aryl methyl sites for hydroxylation is 2. The minimum Gasteiger partial charge on any atom is -0.409 e. The standard InChI is InChI=1S/C14H26N4OS/c1-9(12-10(2)17-11(3)20-12)16-8-6-7-14(4,5)13(15)18-19/h9,16,19H,6-8H2,1-5H3,(H2,15,18). The molecule has 0 fully saturated rings. The molecule has 1 aromatic rings. The van der Waals surface area contributed by atoms with Crippen LogP contribution in [0.5, 0.6) is 0 Å². The van der Waals surface area contributed by atoms with Crippen LogP contribution in [-0.2, 0) is 0 Å². The van der Waals surface area contributed by atoms with Crippen molar-refractivity contribution in [3.8, 4) is 0 Å². The van der Waals surface area contributed by atoms with Gasteiger partial charge >= 0.3 is 0 Å². The number of amidine groups is 1. The topological polar surface area (TPSA) is 83.5 Å². The molecule has 6 heteroatoms. The van der Waals surface area contributed by atoms with Gasteiger partial charge in [-0.1, -0.05) is 19.0 Å². The van der Waals surface area contributed by atoms with Crippen molar-refractivity contribution in [2.45, 2.75) is 53.5 Å². The monoisotopic (exact) mass is 298 g/mol. The van der Waals surface area contributed by atoms with E-state index in [0.717, 1.165) is 30.1 Å². The number of hydrogen-bond acceptors (Lipinski definition) is 5. The van der Waals surface area contributed by atoms with Crippen molar-refractivity contribution in [3.05, 3.63) is 15.6 Å². The fraction of sp³-hybridized carbons (Fsp3) is 0.714. The van der Waals surface area contributed by atoms with Gasteiger partial charge in [-0.05, 0) is 40.2 Å². The molecule has 0 bridgehead atoms. The molecule has 4 N–H and O–H groups in total. The Hall–Kier alpha value is -1.14. The van der Waals surface area contributed by atoms with Crippen molar-refractivity contribution in [1.29, 1.82) is 0 Å². The van der Waals surface area contributed by atoms with Gasteiger partial charge in [0.25, 0.3) is 0 Å². The zero-order valence-electron chi connectivity index (χ0n) is 13.0. The first kappa shape index (κ1) is 16.9. The van der Waals surface area contributed by atoms with Gasteiger partial charge in [0.1, 0.15) is 5.84 Å². The van der Waals surface area contributed by atoms with E-state index < -0.39 is 0 Å². The Morgan fingerprint density at radius 3 is 2.65 bits per heavy atom. The normalized spacial score (nSPS) is 14.6. The summed E-state index contributed by atoms with van der Waals surface area (Å²) < 4.78 is 0. The van der Waals surface area contributed by atoms with Crippen LogP contribution in [0.1, 0.15) is 55.2 Å². The number of thiazole rings is 1. The predicted molar refractivity (Wildman–Crippen MR) is 84.4 cm³/mol. The van der Waals surface area contributed by atoms with Crippen molar-refractivity contribution in [2.24, 2.45) is 16.3 Å². The summed E-state index contributed by atoms with van der Waals surface area (Å²) >= 11 is 1.75. The lowest BCUT2D eigenvalue weighted by Crippen LogP contribution is -2.32. The Morgan fingerprint density at radius 2 is 2.15 bits per heavy atom. The molecule has 0 spiro atoms. The average Bonchev–Trinajstić information content (AvgIpc) is 2.72. The van der Waals surface area contributed by atoms with Crippen LogP contribution in [0.25, 0.3) is 0 Å². The van der Waals surface area contributed by atoms with Gasteiger partial charge in [-0.25, -0.2) is 4.98 Å². The van der Waals surface area contributed by atoms with Gasteiger partial charge in [-0.15, -0.1) is 11.3 Å². The Kier molecular flexibility index (Phi) is 5.95. The molecule has 1 rings (SSSR count). The molecule has 114 valence electrons. The summed E-state index contributed by atoms with van der Waals surface area (Å²) in [7, 11) is 0. The summed E-state index contributed by atoms with van der Waals surface area (Å²) in [4.78, 5) is 5.76. The maximum absolute atomic E-state index is 8.74. The second-order valence-electron chi connectivity index (χ2n) is 5.83. The second kappa shape index (κ2) is 7.04. The molecule has 20 heavy (non-hydrogen) atoms. The lowest BCUT2D eigenvalue weighted by molar-refractivity contribution is 0.304. The molecule has 1 aromatic heterocycles. The first-order valence-electron chi connectivity index (χ1n) is 6.93. The van der Waals surface area contributed by atoms with E-state index in [0.29, 0.717) is 11.9 Å². The van der Waals surface area contributed by atoms with Crippen molar-refractivity contribution in [2.75, 3.05) is 6.54 Å². The zero-order chi connectivity index (χ0) is 15.3. The van der Waals surface area contributed by atoms with Crippen LogP contribution < -0.4 is 11.1 Å². The highest BCUT2D eigenvalue weighted by Gasteiger charge is 2.23. The summed E-state index contributed by atoms with van der Waals surface area (Å²) in [6.45, 7) is 11.1. The van der Waals surface area contributed by atoms with Gasteiger partial charge in [0.15, 0.2) is 0 Å². The quantitative estimate of drug-likeness (QED) is 0.237. The van der Waals surface area contributed by atoms with Gasteiger partial charge in [-0.3, -0.25) is 0 Å². The van der Waals surface area contributed by atoms with E-state index in [1.54, 1.807) is 11.3 Å². The summed E-state index contributed by atoms with van der Waals surface area (Å²) in [5, 5.41) is 16.5. The van der Waals surface area contributed by atoms with Crippen molar-refractivity contribution >= 4 is 17.2 Å². The van der Waals surface area contributed by atoms with Crippen LogP contribution in [0.4, 0.5) is 0 Å². The Bertz CT molecular complexity index is 468. The van der Waals surface area contributed by atoms with Crippen molar-refractivity contribution in [3.63, 3.8) is 0 Å². The average molecular weight is 298 g/mol. The fourth-order valence-electron chi connectivity index (χ4n) is 2.15. The first-order valence-corrected chi connectivity index (χ1v) is 7.75. The van der Waals surface area contributed by atoms with E-state index in [1.165, 1.54) is 4.88 Å². The summed E-state index contributed by atoms with van der Waals surface area (Å²) in [6.07, 6.45) is 1.85. The maximum atomic E-state index is 8.74. The Labute approximate surface area is 125 Å². The van der Waals surface area contributed by atoms with Gasteiger partial charge in [-0.2, -0.15) is 0 Å². The minimum absolute atomic E-state index is 0.267. The highest BCUT2D eigenvalue weighted by Crippen LogP contribution is 2.25. The van der Waals surface area contributed by atoms with Crippen LogP contribution in [0.3, 0.4) is 0 Å². The summed E-state index contributed by atoms with van der Waals surface area (Å²) in [5.74, 6) is 0.291. The fourth-order valence-corrected chi connectivity index (χ4v) is 3.11. The Balaban J connectivity index is 2.40. The zero-order valence-corrected chi connectivity index (χ0v) is 13.8. The number of rotatable bonds is 7. The molecule has 0 aliphatic heterocycles. The molecule has 0 aliphatic rings. The number of nitrogens with two attached hydrogens (primary N) is 1. The highest BCUT2D eigenvalue weighted by molar-refractivity contribution is 7.11. The molecule has 0 saturated heterocycles. The highest BCUT2D eigenvalue weighted by atomic mass is 32.1. The minimum atomic E-state index is -0.267. The third-order valence-corrected chi connectivity index (χ3v) is 4.82. The number of nitrogens with zero attached hydrogens (tertiary/aromatic N) is 2. The van der Waals surface area contributed by atoms with Gasteiger partial charge in [0.2, 0.25) is 0 Å². The van der Waals surface area contributed by atoms with Gasteiger partial charge < -0.3 is 16.3 Å². The molecule has 0 aromatic carbocycles. The van der Waals surface area contributed by atoms with Crippen molar-refractivity contribution < 1.29 is 5.21 Å². The molecule has 0 radical (unpaired) electrons. The first-order chi connectivity index (χ1) is 9.27.